The number of aliphatic carboxylic acids is 1. The van der Waals surface area contributed by atoms with Crippen molar-refractivity contribution in [3.63, 3.8) is 0 Å². The molecule has 0 fully saturated rings. The lowest BCUT2D eigenvalue weighted by molar-refractivity contribution is -0.136. The van der Waals surface area contributed by atoms with Crippen LogP contribution in [0.5, 0.6) is 0 Å². The van der Waals surface area contributed by atoms with Crippen LogP contribution in [0, 0.1) is 0 Å². The number of carboxylic acids is 1. The number of carboxylic acid groups (broad SMARTS) is 1. The van der Waals surface area contributed by atoms with Gasteiger partial charge in [0.2, 0.25) is 0 Å². The number of allylic oxidation sites excluding steroid dienone is 1. The van der Waals surface area contributed by atoms with Crippen molar-refractivity contribution in [1.82, 2.24) is 5.32 Å². The molecule has 0 aliphatic carbocycles. The lowest BCUT2D eigenvalue weighted by atomic mass is 10.3. The molecule has 0 rings (SSSR count). The molecule has 0 saturated heterocycles. The molecule has 0 heterocycles. The zero-order chi connectivity index (χ0) is 9.23. The first-order valence-electron chi connectivity index (χ1n) is 4.35. The van der Waals surface area contributed by atoms with Gasteiger partial charge in [0.1, 0.15) is 0 Å². The van der Waals surface area contributed by atoms with Crippen LogP contribution < -0.4 is 5.32 Å². The largest absolute Gasteiger partial charge is 0.481 e. The molecule has 0 aromatic rings. The number of carbonyl (C=O) groups is 1. The van der Waals surface area contributed by atoms with E-state index < -0.39 is 5.97 Å². The minimum Gasteiger partial charge on any atom is -0.481 e. The smallest absolute Gasteiger partial charge is 0.304 e. The lowest BCUT2D eigenvalue weighted by Crippen LogP contribution is -2.17. The van der Waals surface area contributed by atoms with Crippen LogP contribution in [0.4, 0.5) is 0 Å². The van der Waals surface area contributed by atoms with Crippen LogP contribution in [0.2, 0.25) is 0 Å². The van der Waals surface area contributed by atoms with E-state index in [1.165, 1.54) is 0 Å². The summed E-state index contributed by atoms with van der Waals surface area (Å²) in [5.74, 6) is -0.750. The van der Waals surface area contributed by atoms with Gasteiger partial charge >= 0.3 is 5.97 Å². The van der Waals surface area contributed by atoms with E-state index in [1.54, 1.807) is 0 Å². The van der Waals surface area contributed by atoms with Crippen molar-refractivity contribution in [3.05, 3.63) is 12.2 Å². The fourth-order valence-electron chi connectivity index (χ4n) is 0.749. The van der Waals surface area contributed by atoms with Gasteiger partial charge in [0.05, 0.1) is 6.42 Å². The van der Waals surface area contributed by atoms with Gasteiger partial charge in [-0.1, -0.05) is 25.5 Å². The van der Waals surface area contributed by atoms with E-state index in [4.69, 9.17) is 5.11 Å². The third-order valence-electron chi connectivity index (χ3n) is 1.40. The normalized spacial score (nSPS) is 10.8. The molecule has 3 nitrogen and oxygen atoms in total. The van der Waals surface area contributed by atoms with Gasteiger partial charge in [0.25, 0.3) is 0 Å². The lowest BCUT2D eigenvalue weighted by Gasteiger charge is -1.96. The van der Waals surface area contributed by atoms with Crippen LogP contribution >= 0.6 is 0 Å². The van der Waals surface area contributed by atoms with Gasteiger partial charge in [0, 0.05) is 13.1 Å². The maximum atomic E-state index is 10.1. The zero-order valence-electron chi connectivity index (χ0n) is 7.55. The van der Waals surface area contributed by atoms with E-state index in [0.717, 1.165) is 19.4 Å². The second kappa shape index (κ2) is 8.27. The van der Waals surface area contributed by atoms with Crippen molar-refractivity contribution in [2.24, 2.45) is 0 Å². The van der Waals surface area contributed by atoms with E-state index in [1.807, 2.05) is 6.08 Å². The highest BCUT2D eigenvalue weighted by Crippen LogP contribution is 1.86. The summed E-state index contributed by atoms with van der Waals surface area (Å²) in [4.78, 5) is 10.1. The SMILES string of the molecule is CCCC=CCNCCC(=O)O. The zero-order valence-corrected chi connectivity index (χ0v) is 7.55. The van der Waals surface area contributed by atoms with Gasteiger partial charge in [-0.2, -0.15) is 0 Å². The highest BCUT2D eigenvalue weighted by atomic mass is 16.4. The Labute approximate surface area is 73.5 Å². The van der Waals surface area contributed by atoms with E-state index >= 15 is 0 Å². The summed E-state index contributed by atoms with van der Waals surface area (Å²) in [7, 11) is 0. The average Bonchev–Trinajstić information content (AvgIpc) is 2.02. The van der Waals surface area contributed by atoms with E-state index in [2.05, 4.69) is 18.3 Å². The quantitative estimate of drug-likeness (QED) is 0.449. The average molecular weight is 171 g/mol. The van der Waals surface area contributed by atoms with E-state index in [-0.39, 0.29) is 6.42 Å². The molecule has 0 radical (unpaired) electrons. The molecule has 0 aliphatic heterocycles. The Hall–Kier alpha value is -0.830. The summed E-state index contributed by atoms with van der Waals surface area (Å²) < 4.78 is 0. The molecule has 3 heteroatoms. The van der Waals surface area contributed by atoms with Gasteiger partial charge < -0.3 is 10.4 Å². The van der Waals surface area contributed by atoms with Crippen molar-refractivity contribution in [2.45, 2.75) is 26.2 Å². The first-order chi connectivity index (χ1) is 5.77. The number of nitrogens with one attached hydrogen (secondary N) is 1. The third kappa shape index (κ3) is 9.17. The van der Waals surface area contributed by atoms with Crippen LogP contribution in [0.15, 0.2) is 12.2 Å². The number of rotatable bonds is 7. The van der Waals surface area contributed by atoms with Crippen LogP contribution in [0.1, 0.15) is 26.2 Å². The molecule has 0 amide bonds. The van der Waals surface area contributed by atoms with Crippen LogP contribution in [-0.2, 0) is 4.79 Å². The molecule has 2 N–H and O–H groups in total. The van der Waals surface area contributed by atoms with Gasteiger partial charge in [-0.3, -0.25) is 4.79 Å². The molecule has 70 valence electrons. The maximum Gasteiger partial charge on any atom is 0.304 e. The molecule has 0 atom stereocenters. The van der Waals surface area contributed by atoms with Crippen LogP contribution in [0.25, 0.3) is 0 Å². The second-order valence-electron chi connectivity index (χ2n) is 2.61. The van der Waals surface area contributed by atoms with Gasteiger partial charge in [-0.25, -0.2) is 0 Å². The van der Waals surface area contributed by atoms with E-state index in [9.17, 15) is 4.79 Å². The fraction of sp³-hybridized carbons (Fsp3) is 0.667. The topological polar surface area (TPSA) is 49.3 Å². The Balaban J connectivity index is 3.05. The highest BCUT2D eigenvalue weighted by molar-refractivity contribution is 5.66. The Bertz CT molecular complexity index is 143. The summed E-state index contributed by atoms with van der Waals surface area (Å²) in [5.41, 5.74) is 0. The first-order valence-corrected chi connectivity index (χ1v) is 4.35. The summed E-state index contributed by atoms with van der Waals surface area (Å²) >= 11 is 0. The molecule has 0 bridgehead atoms. The number of hydrogen-bond donors (Lipinski definition) is 2. The maximum absolute atomic E-state index is 10.1. The van der Waals surface area contributed by atoms with Gasteiger partial charge in [0.15, 0.2) is 0 Å². The molecule has 0 aromatic carbocycles. The summed E-state index contributed by atoms with van der Waals surface area (Å²) in [5, 5.41) is 11.3. The Morgan fingerprint density at radius 3 is 2.83 bits per heavy atom. The predicted molar refractivity (Wildman–Crippen MR) is 49.2 cm³/mol. The Kier molecular flexibility index (Phi) is 7.70. The van der Waals surface area contributed by atoms with Crippen LogP contribution in [-0.4, -0.2) is 24.2 Å². The van der Waals surface area contributed by atoms with Gasteiger partial charge in [-0.15, -0.1) is 0 Å². The minimum absolute atomic E-state index is 0.196. The standard InChI is InChI=1S/C9H17NO2/c1-2-3-4-5-7-10-8-6-9(11)12/h4-5,10H,2-3,6-8H2,1H3,(H,11,12). The Morgan fingerprint density at radius 1 is 1.50 bits per heavy atom. The minimum atomic E-state index is -0.750. The van der Waals surface area contributed by atoms with E-state index in [0.29, 0.717) is 6.54 Å². The van der Waals surface area contributed by atoms with Gasteiger partial charge in [-0.05, 0) is 6.42 Å². The number of unbranched alkanes of at least 4 members (excludes halogenated alkanes) is 1. The molecular formula is C9H17NO2. The number of hydrogen-bond acceptors (Lipinski definition) is 2. The van der Waals surface area contributed by atoms with Crippen LogP contribution in [0.3, 0.4) is 0 Å². The monoisotopic (exact) mass is 171 g/mol. The highest BCUT2D eigenvalue weighted by Gasteiger charge is 1.92. The summed E-state index contributed by atoms with van der Waals surface area (Å²) in [6.45, 7) is 3.45. The summed E-state index contributed by atoms with van der Waals surface area (Å²) in [6.07, 6.45) is 6.59. The molecule has 0 aliphatic rings. The molecule has 0 saturated carbocycles. The van der Waals surface area contributed by atoms with Crippen molar-refractivity contribution in [3.8, 4) is 0 Å². The third-order valence-corrected chi connectivity index (χ3v) is 1.40. The second-order valence-corrected chi connectivity index (χ2v) is 2.61. The van der Waals surface area contributed by atoms with Crippen molar-refractivity contribution in [2.75, 3.05) is 13.1 Å². The fourth-order valence-corrected chi connectivity index (χ4v) is 0.749. The molecular weight excluding hydrogens is 154 g/mol. The molecule has 0 unspecified atom stereocenters. The molecule has 0 spiro atoms. The summed E-state index contributed by atoms with van der Waals surface area (Å²) in [6, 6.07) is 0. The van der Waals surface area contributed by atoms with Crippen molar-refractivity contribution < 1.29 is 9.90 Å². The van der Waals surface area contributed by atoms with Crippen molar-refractivity contribution >= 4 is 5.97 Å². The Morgan fingerprint density at radius 2 is 2.25 bits per heavy atom. The first kappa shape index (κ1) is 11.2. The predicted octanol–water partition coefficient (Wildman–Crippen LogP) is 1.41. The van der Waals surface area contributed by atoms with Crippen molar-refractivity contribution in [1.29, 1.82) is 0 Å². The molecule has 12 heavy (non-hydrogen) atoms. The molecule has 0 aromatic heterocycles.